The van der Waals surface area contributed by atoms with Gasteiger partial charge in [0, 0.05) is 24.1 Å². The second kappa shape index (κ2) is 6.77. The van der Waals surface area contributed by atoms with Gasteiger partial charge in [-0.05, 0) is 37.8 Å². The molecule has 1 aliphatic rings. The molecule has 0 N–H and O–H groups in total. The van der Waals surface area contributed by atoms with E-state index in [0.29, 0.717) is 6.54 Å². The average Bonchev–Trinajstić information content (AvgIpc) is 2.92. The summed E-state index contributed by atoms with van der Waals surface area (Å²) < 4.78 is 37.4. The third-order valence-electron chi connectivity index (χ3n) is 3.62. The first kappa shape index (κ1) is 16.3. The fraction of sp³-hybridized carbons (Fsp3) is 0.571. The van der Waals surface area contributed by atoms with Crippen LogP contribution in [-0.4, -0.2) is 33.7 Å². The Balaban J connectivity index is 2.08. The Labute approximate surface area is 129 Å². The standard InChI is InChI=1S/C14H16BrF3N2O/c15-7-1-3-11-4-2-8-20(11)13(21)12-6-5-10(9-19-12)14(16,17)18/h5-6,9,11H,1-4,7-8H2. The highest BCUT2D eigenvalue weighted by Crippen LogP contribution is 2.29. The molecule has 0 aliphatic carbocycles. The van der Waals surface area contributed by atoms with E-state index in [1.54, 1.807) is 4.90 Å². The van der Waals surface area contributed by atoms with Crippen molar-refractivity contribution in [3.05, 3.63) is 29.6 Å². The van der Waals surface area contributed by atoms with Gasteiger partial charge in [0.15, 0.2) is 0 Å². The van der Waals surface area contributed by atoms with Crippen LogP contribution in [0.5, 0.6) is 0 Å². The summed E-state index contributed by atoms with van der Waals surface area (Å²) in [5, 5.41) is 0.879. The molecule has 116 valence electrons. The minimum Gasteiger partial charge on any atom is -0.334 e. The van der Waals surface area contributed by atoms with E-state index in [9.17, 15) is 18.0 Å². The molecule has 0 radical (unpaired) electrons. The van der Waals surface area contributed by atoms with Crippen molar-refractivity contribution in [1.29, 1.82) is 0 Å². The van der Waals surface area contributed by atoms with Crippen molar-refractivity contribution in [2.75, 3.05) is 11.9 Å². The molecule has 1 fully saturated rings. The summed E-state index contributed by atoms with van der Waals surface area (Å²) in [5.74, 6) is -0.277. The van der Waals surface area contributed by atoms with E-state index < -0.39 is 11.7 Å². The predicted molar refractivity (Wildman–Crippen MR) is 76.3 cm³/mol. The van der Waals surface area contributed by atoms with Gasteiger partial charge in [-0.15, -0.1) is 0 Å². The summed E-state index contributed by atoms with van der Waals surface area (Å²) in [6.45, 7) is 0.647. The number of hydrogen-bond acceptors (Lipinski definition) is 2. The molecule has 1 aromatic rings. The van der Waals surface area contributed by atoms with E-state index >= 15 is 0 Å². The normalized spacial score (nSPS) is 19.0. The van der Waals surface area contributed by atoms with Crippen LogP contribution in [-0.2, 0) is 6.18 Å². The lowest BCUT2D eigenvalue weighted by Crippen LogP contribution is -2.36. The number of rotatable bonds is 4. The van der Waals surface area contributed by atoms with E-state index in [1.807, 2.05) is 0 Å². The van der Waals surface area contributed by atoms with Gasteiger partial charge in [-0.25, -0.2) is 0 Å². The van der Waals surface area contributed by atoms with Gasteiger partial charge in [0.1, 0.15) is 5.69 Å². The molecule has 0 saturated carbocycles. The molecule has 0 aromatic carbocycles. The number of nitrogens with zero attached hydrogens (tertiary/aromatic N) is 2. The van der Waals surface area contributed by atoms with Crippen LogP contribution in [0.2, 0.25) is 0 Å². The zero-order valence-corrected chi connectivity index (χ0v) is 13.0. The molecule has 1 saturated heterocycles. The van der Waals surface area contributed by atoms with Crippen molar-refractivity contribution in [2.45, 2.75) is 37.9 Å². The largest absolute Gasteiger partial charge is 0.417 e. The summed E-state index contributed by atoms with van der Waals surface area (Å²) in [5.41, 5.74) is -0.759. The maximum atomic E-state index is 12.5. The Bertz CT molecular complexity index is 490. The lowest BCUT2D eigenvalue weighted by Gasteiger charge is -2.24. The number of amides is 1. The quantitative estimate of drug-likeness (QED) is 0.759. The highest BCUT2D eigenvalue weighted by molar-refractivity contribution is 9.09. The monoisotopic (exact) mass is 364 g/mol. The summed E-state index contributed by atoms with van der Waals surface area (Å²) in [4.78, 5) is 17.8. The number of halogens is 4. The van der Waals surface area contributed by atoms with Gasteiger partial charge in [0.05, 0.1) is 5.56 Å². The van der Waals surface area contributed by atoms with Crippen molar-refractivity contribution in [3.63, 3.8) is 0 Å². The first-order valence-electron chi connectivity index (χ1n) is 6.83. The van der Waals surface area contributed by atoms with Gasteiger partial charge in [-0.2, -0.15) is 13.2 Å². The minimum absolute atomic E-state index is 0.0775. The zero-order valence-electron chi connectivity index (χ0n) is 11.4. The Morgan fingerprint density at radius 2 is 2.19 bits per heavy atom. The van der Waals surface area contributed by atoms with Gasteiger partial charge < -0.3 is 4.90 Å². The van der Waals surface area contributed by atoms with Crippen molar-refractivity contribution in [2.24, 2.45) is 0 Å². The first-order chi connectivity index (χ1) is 9.93. The third kappa shape index (κ3) is 3.96. The smallest absolute Gasteiger partial charge is 0.334 e. The van der Waals surface area contributed by atoms with Crippen LogP contribution in [0, 0.1) is 0 Å². The molecule has 2 heterocycles. The maximum Gasteiger partial charge on any atom is 0.417 e. The number of alkyl halides is 4. The SMILES string of the molecule is O=C(c1ccc(C(F)(F)F)cn1)N1CCCC1CCCBr. The van der Waals surface area contributed by atoms with Gasteiger partial charge in [-0.1, -0.05) is 15.9 Å². The molecule has 7 heteroatoms. The molecule has 3 nitrogen and oxygen atoms in total. The molecular weight excluding hydrogens is 349 g/mol. The summed E-state index contributed by atoms with van der Waals surface area (Å²) >= 11 is 3.36. The van der Waals surface area contributed by atoms with Crippen LogP contribution >= 0.6 is 15.9 Å². The molecule has 1 unspecified atom stereocenters. The Kier molecular flexibility index (Phi) is 5.24. The van der Waals surface area contributed by atoms with Gasteiger partial charge in [0.25, 0.3) is 5.91 Å². The van der Waals surface area contributed by atoms with Gasteiger partial charge in [-0.3, -0.25) is 9.78 Å². The molecule has 2 rings (SSSR count). The van der Waals surface area contributed by atoms with Crippen LogP contribution in [0.4, 0.5) is 13.2 Å². The molecular formula is C14H16BrF3N2O. The Hall–Kier alpha value is -1.11. The number of likely N-dealkylation sites (tertiary alicyclic amines) is 1. The molecule has 1 aromatic heterocycles. The number of aromatic nitrogens is 1. The van der Waals surface area contributed by atoms with Crippen molar-refractivity contribution in [1.82, 2.24) is 9.88 Å². The number of hydrogen-bond donors (Lipinski definition) is 0. The second-order valence-electron chi connectivity index (χ2n) is 5.06. The molecule has 21 heavy (non-hydrogen) atoms. The average molecular weight is 365 g/mol. The van der Waals surface area contributed by atoms with Crippen molar-refractivity contribution >= 4 is 21.8 Å². The molecule has 1 amide bonds. The number of pyridine rings is 1. The highest BCUT2D eigenvalue weighted by atomic mass is 79.9. The highest BCUT2D eigenvalue weighted by Gasteiger charge is 2.32. The van der Waals surface area contributed by atoms with E-state index in [4.69, 9.17) is 0 Å². The molecule has 1 atom stereocenters. The summed E-state index contributed by atoms with van der Waals surface area (Å²) in [6, 6.07) is 2.23. The van der Waals surface area contributed by atoms with E-state index in [2.05, 4.69) is 20.9 Å². The number of carbonyl (C=O) groups is 1. The van der Waals surface area contributed by atoms with E-state index in [0.717, 1.165) is 49.3 Å². The van der Waals surface area contributed by atoms with Crippen molar-refractivity contribution in [3.8, 4) is 0 Å². The maximum absolute atomic E-state index is 12.5. The summed E-state index contributed by atoms with van der Waals surface area (Å²) in [7, 11) is 0. The molecule has 1 aliphatic heterocycles. The van der Waals surface area contributed by atoms with Crippen LogP contribution < -0.4 is 0 Å². The zero-order chi connectivity index (χ0) is 15.5. The predicted octanol–water partition coefficient (Wildman–Crippen LogP) is 3.88. The molecule has 0 bridgehead atoms. The lowest BCUT2D eigenvalue weighted by atomic mass is 10.1. The Morgan fingerprint density at radius 3 is 2.76 bits per heavy atom. The third-order valence-corrected chi connectivity index (χ3v) is 4.18. The fourth-order valence-electron chi connectivity index (χ4n) is 2.55. The van der Waals surface area contributed by atoms with Gasteiger partial charge >= 0.3 is 6.18 Å². The first-order valence-corrected chi connectivity index (χ1v) is 7.96. The Morgan fingerprint density at radius 1 is 1.43 bits per heavy atom. The van der Waals surface area contributed by atoms with Crippen molar-refractivity contribution < 1.29 is 18.0 Å². The van der Waals surface area contributed by atoms with Crippen LogP contribution in [0.15, 0.2) is 18.3 Å². The van der Waals surface area contributed by atoms with E-state index in [1.165, 1.54) is 0 Å². The van der Waals surface area contributed by atoms with Crippen LogP contribution in [0.25, 0.3) is 0 Å². The fourth-order valence-corrected chi connectivity index (χ4v) is 2.87. The van der Waals surface area contributed by atoms with E-state index in [-0.39, 0.29) is 17.6 Å². The topological polar surface area (TPSA) is 33.2 Å². The lowest BCUT2D eigenvalue weighted by molar-refractivity contribution is -0.137. The second-order valence-corrected chi connectivity index (χ2v) is 5.85. The van der Waals surface area contributed by atoms with Gasteiger partial charge in [0.2, 0.25) is 0 Å². The minimum atomic E-state index is -4.43. The molecule has 0 spiro atoms. The summed E-state index contributed by atoms with van der Waals surface area (Å²) in [6.07, 6.45) is 0.0304. The van der Waals surface area contributed by atoms with Crippen LogP contribution in [0.1, 0.15) is 41.7 Å². The van der Waals surface area contributed by atoms with Crippen LogP contribution in [0.3, 0.4) is 0 Å². The number of carbonyl (C=O) groups excluding carboxylic acids is 1.